The van der Waals surface area contributed by atoms with Gasteiger partial charge in [-0.2, -0.15) is 5.01 Å². The highest BCUT2D eigenvalue weighted by molar-refractivity contribution is 6.21. The molecule has 1 N–H and O–H groups in total. The van der Waals surface area contributed by atoms with E-state index in [1.165, 1.54) is 12.1 Å². The third-order valence-corrected chi connectivity index (χ3v) is 4.83. The van der Waals surface area contributed by atoms with Gasteiger partial charge in [-0.15, -0.1) is 0 Å². The molecule has 132 valence electrons. The molecule has 0 amide bonds. The van der Waals surface area contributed by atoms with Crippen LogP contribution in [0.4, 0.5) is 15.9 Å². The predicted molar refractivity (Wildman–Crippen MR) is 97.8 cm³/mol. The van der Waals surface area contributed by atoms with E-state index in [9.17, 15) is 9.50 Å². The van der Waals surface area contributed by atoms with E-state index in [1.54, 1.807) is 30.5 Å². The van der Waals surface area contributed by atoms with Crippen molar-refractivity contribution in [1.29, 1.82) is 0 Å². The van der Waals surface area contributed by atoms with Crippen molar-refractivity contribution < 1.29 is 9.50 Å². The summed E-state index contributed by atoms with van der Waals surface area (Å²) in [6.07, 6.45) is 2.26. The monoisotopic (exact) mass is 370 g/mol. The lowest BCUT2D eigenvalue weighted by Gasteiger charge is -2.27. The minimum Gasteiger partial charge on any atom is -0.508 e. The fourth-order valence-electron chi connectivity index (χ4n) is 2.98. The molecule has 0 saturated carbocycles. The van der Waals surface area contributed by atoms with Gasteiger partial charge in [0.15, 0.2) is 5.82 Å². The van der Waals surface area contributed by atoms with Gasteiger partial charge < -0.3 is 5.11 Å². The van der Waals surface area contributed by atoms with Crippen molar-refractivity contribution in [2.24, 2.45) is 0 Å². The lowest BCUT2D eigenvalue weighted by Crippen LogP contribution is -2.31. The van der Waals surface area contributed by atoms with Crippen LogP contribution in [0.15, 0.2) is 54.7 Å². The van der Waals surface area contributed by atoms with E-state index in [0.717, 1.165) is 16.8 Å². The number of phenolic OH excluding ortho intramolecular Hbond substituents is 1. The van der Waals surface area contributed by atoms with Crippen molar-refractivity contribution in [1.82, 2.24) is 15.0 Å². The second kappa shape index (κ2) is 6.55. The first-order valence-electron chi connectivity index (χ1n) is 8.09. The molecule has 0 bridgehead atoms. The number of halogens is 2. The van der Waals surface area contributed by atoms with Crippen LogP contribution in [0.1, 0.15) is 22.5 Å². The molecule has 7 heteroatoms. The number of aromatic hydroxyl groups is 1. The van der Waals surface area contributed by atoms with E-state index in [1.807, 2.05) is 29.2 Å². The van der Waals surface area contributed by atoms with Crippen molar-refractivity contribution in [3.8, 4) is 5.75 Å². The third-order valence-electron chi connectivity index (χ3n) is 4.32. The number of nitrogens with zero attached hydrogens (tertiary/aromatic N) is 4. The van der Waals surface area contributed by atoms with E-state index in [0.29, 0.717) is 18.1 Å². The quantitative estimate of drug-likeness (QED) is 0.554. The first kappa shape index (κ1) is 16.8. The summed E-state index contributed by atoms with van der Waals surface area (Å²) < 4.78 is 13.3. The summed E-state index contributed by atoms with van der Waals surface area (Å²) in [5, 5.41) is 13.1. The molecule has 1 aliphatic heterocycles. The number of rotatable bonds is 3. The van der Waals surface area contributed by atoms with Crippen LogP contribution >= 0.6 is 11.6 Å². The van der Waals surface area contributed by atoms with Gasteiger partial charge >= 0.3 is 0 Å². The van der Waals surface area contributed by atoms with Gasteiger partial charge in [-0.1, -0.05) is 23.7 Å². The largest absolute Gasteiger partial charge is 0.508 e. The molecule has 3 aromatic rings. The van der Waals surface area contributed by atoms with Crippen LogP contribution in [-0.4, -0.2) is 27.1 Å². The molecule has 1 aromatic heterocycles. The third kappa shape index (κ3) is 2.98. The molecule has 5 nitrogen and oxygen atoms in total. The molecule has 1 atom stereocenters. The van der Waals surface area contributed by atoms with Crippen molar-refractivity contribution in [2.45, 2.75) is 11.9 Å². The Morgan fingerprint density at radius 2 is 1.81 bits per heavy atom. The highest BCUT2D eigenvalue weighted by Gasteiger charge is 2.35. The summed E-state index contributed by atoms with van der Waals surface area (Å²) in [6.45, 7) is 0. The Balaban J connectivity index is 1.70. The molecule has 0 fully saturated rings. The Kier molecular flexibility index (Phi) is 4.22. The average molecular weight is 371 g/mol. The fourth-order valence-corrected chi connectivity index (χ4v) is 3.22. The van der Waals surface area contributed by atoms with Crippen LogP contribution in [0.5, 0.6) is 5.75 Å². The molecule has 2 aromatic carbocycles. The van der Waals surface area contributed by atoms with Crippen molar-refractivity contribution in [3.63, 3.8) is 0 Å². The molecule has 0 spiro atoms. The van der Waals surface area contributed by atoms with E-state index < -0.39 is 5.50 Å². The maximum Gasteiger partial charge on any atom is 0.157 e. The van der Waals surface area contributed by atoms with E-state index in [4.69, 9.17) is 11.6 Å². The Labute approximate surface area is 155 Å². The number of benzene rings is 2. The van der Waals surface area contributed by atoms with Crippen LogP contribution in [0, 0.1) is 5.82 Å². The van der Waals surface area contributed by atoms with Crippen LogP contribution < -0.4 is 5.01 Å². The summed E-state index contributed by atoms with van der Waals surface area (Å²) >= 11 is 6.50. The minimum absolute atomic E-state index is 0.220. The second-order valence-corrected chi connectivity index (χ2v) is 6.52. The SMILES string of the molecule is CN1C(Cl)c2cnc(Cc3ccc(O)cc3)nc2N1c1ccc(F)cc1. The van der Waals surface area contributed by atoms with Gasteiger partial charge in [0.05, 0.1) is 5.69 Å². The molecule has 2 heterocycles. The Morgan fingerprint density at radius 3 is 2.50 bits per heavy atom. The number of anilines is 2. The summed E-state index contributed by atoms with van der Waals surface area (Å²) in [4.78, 5) is 9.11. The van der Waals surface area contributed by atoms with Crippen LogP contribution in [-0.2, 0) is 6.42 Å². The zero-order valence-corrected chi connectivity index (χ0v) is 14.7. The number of aromatic nitrogens is 2. The van der Waals surface area contributed by atoms with Crippen LogP contribution in [0.25, 0.3) is 0 Å². The smallest absolute Gasteiger partial charge is 0.157 e. The van der Waals surface area contributed by atoms with Crippen molar-refractivity contribution >= 4 is 23.1 Å². The zero-order chi connectivity index (χ0) is 18.3. The number of fused-ring (bicyclic) bond motifs is 1. The average Bonchev–Trinajstić information content (AvgIpc) is 2.88. The van der Waals surface area contributed by atoms with Crippen LogP contribution in [0.2, 0.25) is 0 Å². The predicted octanol–water partition coefficient (Wildman–Crippen LogP) is 4.15. The summed E-state index contributed by atoms with van der Waals surface area (Å²) in [5.74, 6) is 1.25. The molecule has 26 heavy (non-hydrogen) atoms. The molecule has 0 saturated heterocycles. The molecule has 4 rings (SSSR count). The van der Waals surface area contributed by atoms with Gasteiger partial charge in [0.25, 0.3) is 0 Å². The van der Waals surface area contributed by atoms with Gasteiger partial charge in [-0.25, -0.2) is 14.4 Å². The Hall–Kier alpha value is -2.70. The molecule has 0 radical (unpaired) electrons. The van der Waals surface area contributed by atoms with Crippen molar-refractivity contribution in [2.75, 3.05) is 12.1 Å². The fraction of sp³-hybridized carbons (Fsp3) is 0.158. The number of hydrogen-bond acceptors (Lipinski definition) is 5. The maximum absolute atomic E-state index is 13.3. The number of phenols is 1. The lowest BCUT2D eigenvalue weighted by atomic mass is 10.1. The van der Waals surface area contributed by atoms with Crippen molar-refractivity contribution in [3.05, 3.63) is 77.5 Å². The second-order valence-electron chi connectivity index (χ2n) is 6.11. The Bertz CT molecular complexity index is 933. The van der Waals surface area contributed by atoms with Gasteiger partial charge in [0, 0.05) is 25.2 Å². The number of alkyl halides is 1. The Morgan fingerprint density at radius 1 is 1.12 bits per heavy atom. The van der Waals surface area contributed by atoms with E-state index >= 15 is 0 Å². The summed E-state index contributed by atoms with van der Waals surface area (Å²) in [5.41, 5.74) is 2.16. The van der Waals surface area contributed by atoms with Gasteiger partial charge in [0.1, 0.15) is 22.9 Å². The van der Waals surface area contributed by atoms with E-state index in [-0.39, 0.29) is 11.6 Å². The van der Waals surface area contributed by atoms with Crippen LogP contribution in [0.3, 0.4) is 0 Å². The van der Waals surface area contributed by atoms with Gasteiger partial charge in [0.2, 0.25) is 0 Å². The first-order valence-corrected chi connectivity index (χ1v) is 8.53. The molecule has 1 aliphatic rings. The first-order chi connectivity index (χ1) is 12.5. The molecule has 1 unspecified atom stereocenters. The maximum atomic E-state index is 13.3. The normalized spacial score (nSPS) is 16.7. The van der Waals surface area contributed by atoms with Gasteiger partial charge in [-0.05, 0) is 42.0 Å². The highest BCUT2D eigenvalue weighted by Crippen LogP contribution is 2.43. The molecular formula is C19H16ClFN4O. The van der Waals surface area contributed by atoms with Gasteiger partial charge in [-0.3, -0.25) is 5.01 Å². The molecular weight excluding hydrogens is 355 g/mol. The minimum atomic E-state index is -0.405. The van der Waals surface area contributed by atoms with E-state index in [2.05, 4.69) is 9.97 Å². The summed E-state index contributed by atoms with van der Waals surface area (Å²) in [7, 11) is 1.85. The standard InChI is InChI=1S/C19H16ClFN4O/c1-24-18(20)16-11-22-17(10-12-2-8-15(26)9-3-12)23-19(16)25(24)14-6-4-13(21)5-7-14/h2-9,11,18,26H,10H2,1H3. The lowest BCUT2D eigenvalue weighted by molar-refractivity contribution is 0.345. The number of hydrazine groups is 1. The summed E-state index contributed by atoms with van der Waals surface area (Å²) in [6, 6.07) is 13.1. The topological polar surface area (TPSA) is 52.5 Å². The number of hydrogen-bond donors (Lipinski definition) is 1. The zero-order valence-electron chi connectivity index (χ0n) is 14.0. The molecule has 0 aliphatic carbocycles. The highest BCUT2D eigenvalue weighted by atomic mass is 35.5.